The lowest BCUT2D eigenvalue weighted by molar-refractivity contribution is -0.182. The van der Waals surface area contributed by atoms with Crippen LogP contribution in [0.3, 0.4) is 0 Å². The van der Waals surface area contributed by atoms with Gasteiger partial charge in [-0.1, -0.05) is 59.6 Å². The largest absolute Gasteiger partial charge is 0.481 e. The maximum Gasteiger partial charge on any atom is 0.306 e. The van der Waals surface area contributed by atoms with E-state index in [1.807, 2.05) is 0 Å². The Morgan fingerprint density at radius 3 is 2.36 bits per heavy atom. The number of amides is 1. The van der Waals surface area contributed by atoms with Crippen LogP contribution < -0.4 is 4.31 Å². The van der Waals surface area contributed by atoms with E-state index in [0.717, 1.165) is 4.31 Å². The lowest BCUT2D eigenvalue weighted by Gasteiger charge is -2.48. The van der Waals surface area contributed by atoms with Crippen molar-refractivity contribution in [3.05, 3.63) is 99.8 Å². The molecular formula is C30H29Cl2FN2O6S. The summed E-state index contributed by atoms with van der Waals surface area (Å²) in [6.07, 6.45) is -1.91. The van der Waals surface area contributed by atoms with Gasteiger partial charge < -0.3 is 14.7 Å². The van der Waals surface area contributed by atoms with E-state index in [-0.39, 0.29) is 12.2 Å². The van der Waals surface area contributed by atoms with Crippen molar-refractivity contribution in [1.82, 2.24) is 4.90 Å². The number of anilines is 1. The number of carboxylic acid groups (broad SMARTS) is 1. The molecule has 1 N–H and O–H groups in total. The van der Waals surface area contributed by atoms with E-state index in [9.17, 15) is 23.1 Å². The van der Waals surface area contributed by atoms with Crippen LogP contribution in [0.4, 0.5) is 10.1 Å². The second-order valence-corrected chi connectivity index (χ2v) is 13.5. The standard InChI is InChI=1S/C30H29Cl2FN2O6S/c1-18(17-34(42(39,40)23-13-14-23)25-8-3-2-7-24(25)33)35-28(19-9-11-21(31)12-10-19)29(20-5-4-6-22(32)15-20)41-26(30(35)38)16-27(36)37/h2-12,15,18,23,26,28-29H,13-14,16-17H2,1H3,(H,36,37)/t18-,26-,28+,29+/m0/s1. The van der Waals surface area contributed by atoms with E-state index in [2.05, 4.69) is 0 Å². The number of ether oxygens (including phenoxy) is 1. The molecule has 12 heteroatoms. The highest BCUT2D eigenvalue weighted by atomic mass is 35.5. The topological polar surface area (TPSA) is 104 Å². The summed E-state index contributed by atoms with van der Waals surface area (Å²) in [5.74, 6) is -2.57. The molecule has 42 heavy (non-hydrogen) atoms. The van der Waals surface area contributed by atoms with Crippen LogP contribution in [-0.2, 0) is 24.3 Å². The molecule has 0 unspecified atom stereocenters. The molecule has 0 radical (unpaired) electrons. The molecule has 1 aliphatic heterocycles. The second kappa shape index (κ2) is 12.2. The van der Waals surface area contributed by atoms with Gasteiger partial charge in [-0.15, -0.1) is 0 Å². The number of carbonyl (C=O) groups is 2. The predicted molar refractivity (Wildman–Crippen MR) is 158 cm³/mol. The molecule has 0 spiro atoms. The van der Waals surface area contributed by atoms with Gasteiger partial charge in [-0.25, -0.2) is 12.8 Å². The van der Waals surface area contributed by atoms with E-state index in [1.54, 1.807) is 61.5 Å². The molecule has 0 aromatic heterocycles. The number of aliphatic carboxylic acids is 1. The molecule has 2 fully saturated rings. The van der Waals surface area contributed by atoms with Crippen molar-refractivity contribution < 1.29 is 32.2 Å². The third kappa shape index (κ3) is 6.27. The van der Waals surface area contributed by atoms with Gasteiger partial charge in [0.1, 0.15) is 18.0 Å². The van der Waals surface area contributed by atoms with Gasteiger partial charge in [0, 0.05) is 16.1 Å². The average Bonchev–Trinajstić information content (AvgIpc) is 3.80. The van der Waals surface area contributed by atoms with E-state index < -0.39 is 63.7 Å². The molecule has 3 aromatic rings. The maximum atomic E-state index is 15.0. The Morgan fingerprint density at radius 1 is 1.05 bits per heavy atom. The van der Waals surface area contributed by atoms with Crippen LogP contribution in [0.5, 0.6) is 0 Å². The van der Waals surface area contributed by atoms with Crippen molar-refractivity contribution in [2.45, 2.75) is 55.7 Å². The summed E-state index contributed by atoms with van der Waals surface area (Å²) < 4.78 is 49.4. The summed E-state index contributed by atoms with van der Waals surface area (Å²) in [6.45, 7) is 1.40. The molecule has 5 rings (SSSR count). The fourth-order valence-electron chi connectivity index (χ4n) is 5.35. The lowest BCUT2D eigenvalue weighted by Crippen LogP contribution is -2.57. The third-order valence-corrected chi connectivity index (χ3v) is 10.2. The highest BCUT2D eigenvalue weighted by molar-refractivity contribution is 7.93. The Bertz CT molecular complexity index is 1580. The Labute approximate surface area is 253 Å². The number of rotatable bonds is 10. The Hall–Kier alpha value is -3.18. The highest BCUT2D eigenvalue weighted by Gasteiger charge is 2.48. The first-order valence-corrected chi connectivity index (χ1v) is 15.7. The minimum atomic E-state index is -3.95. The molecule has 3 aromatic carbocycles. The molecule has 1 saturated carbocycles. The zero-order chi connectivity index (χ0) is 30.2. The number of sulfonamides is 1. The third-order valence-electron chi connectivity index (χ3n) is 7.45. The van der Waals surface area contributed by atoms with Crippen molar-refractivity contribution in [1.29, 1.82) is 0 Å². The van der Waals surface area contributed by atoms with Crippen molar-refractivity contribution >= 4 is 50.8 Å². The van der Waals surface area contributed by atoms with Crippen molar-refractivity contribution in [2.75, 3.05) is 10.8 Å². The van der Waals surface area contributed by atoms with Gasteiger partial charge in [-0.2, -0.15) is 0 Å². The molecule has 0 bridgehead atoms. The summed E-state index contributed by atoms with van der Waals surface area (Å²) >= 11 is 12.5. The normalized spacial score (nSPS) is 21.7. The van der Waals surface area contributed by atoms with E-state index in [1.165, 1.54) is 23.1 Å². The lowest BCUT2D eigenvalue weighted by atomic mass is 9.90. The number of carboxylic acids is 1. The van der Waals surface area contributed by atoms with Gasteiger partial charge >= 0.3 is 5.97 Å². The van der Waals surface area contributed by atoms with Crippen molar-refractivity contribution in [3.63, 3.8) is 0 Å². The summed E-state index contributed by atoms with van der Waals surface area (Å²) in [5.41, 5.74) is 1.11. The Kier molecular flexibility index (Phi) is 8.80. The van der Waals surface area contributed by atoms with Crippen molar-refractivity contribution in [3.8, 4) is 0 Å². The van der Waals surface area contributed by atoms with E-state index in [0.29, 0.717) is 34.0 Å². The quantitative estimate of drug-likeness (QED) is 0.293. The van der Waals surface area contributed by atoms with Gasteiger partial charge in [0.25, 0.3) is 5.91 Å². The van der Waals surface area contributed by atoms with Crippen LogP contribution in [0.15, 0.2) is 72.8 Å². The molecule has 8 nitrogen and oxygen atoms in total. The smallest absolute Gasteiger partial charge is 0.306 e. The van der Waals surface area contributed by atoms with Gasteiger partial charge in [-0.3, -0.25) is 13.9 Å². The second-order valence-electron chi connectivity index (χ2n) is 10.5. The fourth-order valence-corrected chi connectivity index (χ4v) is 7.61. The number of nitrogens with zero attached hydrogens (tertiary/aromatic N) is 2. The van der Waals surface area contributed by atoms with E-state index in [4.69, 9.17) is 27.9 Å². The van der Waals surface area contributed by atoms with Crippen LogP contribution in [0.25, 0.3) is 0 Å². The first kappa shape index (κ1) is 30.3. The predicted octanol–water partition coefficient (Wildman–Crippen LogP) is 6.00. The summed E-state index contributed by atoms with van der Waals surface area (Å²) in [7, 11) is -3.95. The van der Waals surface area contributed by atoms with Crippen LogP contribution in [0.1, 0.15) is 49.5 Å². The van der Waals surface area contributed by atoms with Crippen LogP contribution in [0, 0.1) is 5.82 Å². The first-order valence-electron chi connectivity index (χ1n) is 13.4. The van der Waals surface area contributed by atoms with Gasteiger partial charge in [0.2, 0.25) is 10.0 Å². The minimum absolute atomic E-state index is 0.117. The number of morpholine rings is 1. The highest BCUT2D eigenvalue weighted by Crippen LogP contribution is 2.45. The molecule has 4 atom stereocenters. The number of benzene rings is 3. The number of carbonyl (C=O) groups excluding carboxylic acids is 1. The number of hydrogen-bond donors (Lipinski definition) is 1. The fraction of sp³-hybridized carbons (Fsp3) is 0.333. The van der Waals surface area contributed by atoms with Crippen LogP contribution in [-0.4, -0.2) is 54.2 Å². The molecule has 1 amide bonds. The molecule has 222 valence electrons. The number of halogens is 3. The summed E-state index contributed by atoms with van der Waals surface area (Å²) in [6, 6.07) is 17.6. The van der Waals surface area contributed by atoms with Gasteiger partial charge in [0.05, 0.1) is 29.9 Å². The van der Waals surface area contributed by atoms with Crippen molar-refractivity contribution in [2.24, 2.45) is 0 Å². The molecule has 2 aliphatic rings. The first-order chi connectivity index (χ1) is 20.0. The van der Waals surface area contributed by atoms with Crippen LogP contribution >= 0.6 is 23.2 Å². The molecule has 1 saturated heterocycles. The zero-order valence-corrected chi connectivity index (χ0v) is 24.9. The zero-order valence-electron chi connectivity index (χ0n) is 22.6. The molecular weight excluding hydrogens is 606 g/mol. The Morgan fingerprint density at radius 2 is 1.74 bits per heavy atom. The molecule has 1 aliphatic carbocycles. The van der Waals surface area contributed by atoms with E-state index >= 15 is 4.39 Å². The monoisotopic (exact) mass is 634 g/mol. The summed E-state index contributed by atoms with van der Waals surface area (Å²) in [5, 5.41) is 9.84. The summed E-state index contributed by atoms with van der Waals surface area (Å²) in [4.78, 5) is 27.3. The van der Waals surface area contributed by atoms with Crippen LogP contribution in [0.2, 0.25) is 10.0 Å². The number of para-hydroxylation sites is 1. The van der Waals surface area contributed by atoms with Gasteiger partial charge in [-0.05, 0) is 67.3 Å². The number of hydrogen-bond acceptors (Lipinski definition) is 5. The minimum Gasteiger partial charge on any atom is -0.481 e. The molecule has 1 heterocycles. The van der Waals surface area contributed by atoms with Gasteiger partial charge in [0.15, 0.2) is 0 Å². The SMILES string of the molecule is C[C@@H](CN(c1ccccc1F)S(=O)(=O)C1CC1)N1C(=O)[C@H](CC(=O)O)O[C@H](c2cccc(Cl)c2)[C@H]1c1ccc(Cl)cc1. The Balaban J connectivity index is 1.62. The maximum absolute atomic E-state index is 15.0. The average molecular weight is 636 g/mol.